The topological polar surface area (TPSA) is 35.0 Å². The molecule has 1 rings (SSSR count). The SMILES string of the molecule is CC#CSc1ncc(OC)c(Cl)n1. The van der Waals surface area contributed by atoms with Gasteiger partial charge in [-0.15, -0.1) is 0 Å². The molecule has 1 aromatic rings. The Hall–Kier alpha value is -0.920. The zero-order chi connectivity index (χ0) is 9.68. The van der Waals surface area contributed by atoms with Crippen molar-refractivity contribution in [2.75, 3.05) is 7.11 Å². The average molecular weight is 215 g/mol. The molecular weight excluding hydrogens is 208 g/mol. The van der Waals surface area contributed by atoms with Crippen molar-refractivity contribution in [2.45, 2.75) is 12.1 Å². The summed E-state index contributed by atoms with van der Waals surface area (Å²) in [4.78, 5) is 7.96. The third-order valence-electron chi connectivity index (χ3n) is 1.15. The molecular formula is C8H7ClN2OS. The quantitative estimate of drug-likeness (QED) is 0.327. The Morgan fingerprint density at radius 2 is 2.38 bits per heavy atom. The molecule has 1 heterocycles. The standard InChI is InChI=1S/C8H7ClN2OS/c1-3-4-13-8-10-5-6(12-2)7(9)11-8/h5H,1-2H3. The number of thioether (sulfide) groups is 1. The van der Waals surface area contributed by atoms with Gasteiger partial charge in [0.1, 0.15) is 0 Å². The molecule has 0 amide bonds. The monoisotopic (exact) mass is 214 g/mol. The summed E-state index contributed by atoms with van der Waals surface area (Å²) in [6.45, 7) is 1.75. The van der Waals surface area contributed by atoms with Crippen LogP contribution in [-0.4, -0.2) is 17.1 Å². The minimum absolute atomic E-state index is 0.304. The highest BCUT2D eigenvalue weighted by Gasteiger charge is 2.03. The number of nitrogens with zero attached hydrogens (tertiary/aromatic N) is 2. The predicted octanol–water partition coefficient (Wildman–Crippen LogP) is 2.21. The third kappa shape index (κ3) is 2.79. The lowest BCUT2D eigenvalue weighted by atomic mass is 10.6. The number of hydrogen-bond acceptors (Lipinski definition) is 4. The molecule has 0 aromatic carbocycles. The van der Waals surface area contributed by atoms with Crippen LogP contribution in [0.4, 0.5) is 0 Å². The maximum absolute atomic E-state index is 5.77. The molecule has 0 saturated heterocycles. The maximum Gasteiger partial charge on any atom is 0.202 e. The molecule has 0 spiro atoms. The van der Waals surface area contributed by atoms with E-state index >= 15 is 0 Å². The summed E-state index contributed by atoms with van der Waals surface area (Å²) in [7, 11) is 1.52. The molecule has 0 aliphatic heterocycles. The largest absolute Gasteiger partial charge is 0.492 e. The van der Waals surface area contributed by atoms with Gasteiger partial charge >= 0.3 is 0 Å². The first-order valence-corrected chi connectivity index (χ1v) is 4.62. The van der Waals surface area contributed by atoms with Gasteiger partial charge < -0.3 is 4.74 Å². The Balaban J connectivity index is 2.87. The number of halogens is 1. The molecule has 68 valence electrons. The summed E-state index contributed by atoms with van der Waals surface area (Å²) >= 11 is 7.00. The summed E-state index contributed by atoms with van der Waals surface area (Å²) in [6, 6.07) is 0. The van der Waals surface area contributed by atoms with Crippen molar-refractivity contribution in [3.8, 4) is 16.9 Å². The van der Waals surface area contributed by atoms with E-state index in [9.17, 15) is 0 Å². The van der Waals surface area contributed by atoms with Gasteiger partial charge in [0.25, 0.3) is 0 Å². The second kappa shape index (κ2) is 4.95. The molecule has 0 fully saturated rings. The van der Waals surface area contributed by atoms with Gasteiger partial charge in [0.15, 0.2) is 10.9 Å². The van der Waals surface area contributed by atoms with E-state index in [2.05, 4.69) is 21.1 Å². The van der Waals surface area contributed by atoms with Crippen LogP contribution in [0.3, 0.4) is 0 Å². The van der Waals surface area contributed by atoms with Crippen molar-refractivity contribution >= 4 is 23.4 Å². The van der Waals surface area contributed by atoms with E-state index in [-0.39, 0.29) is 0 Å². The van der Waals surface area contributed by atoms with Crippen LogP contribution in [-0.2, 0) is 0 Å². The summed E-state index contributed by atoms with van der Waals surface area (Å²) in [6.07, 6.45) is 1.52. The van der Waals surface area contributed by atoms with E-state index in [1.54, 1.807) is 6.92 Å². The highest BCUT2D eigenvalue weighted by molar-refractivity contribution is 8.03. The first-order valence-electron chi connectivity index (χ1n) is 3.43. The van der Waals surface area contributed by atoms with E-state index in [4.69, 9.17) is 16.3 Å². The fourth-order valence-corrected chi connectivity index (χ4v) is 1.31. The van der Waals surface area contributed by atoms with Crippen LogP contribution >= 0.6 is 23.4 Å². The van der Waals surface area contributed by atoms with Crippen molar-refractivity contribution in [2.24, 2.45) is 0 Å². The average Bonchev–Trinajstić information content (AvgIpc) is 2.15. The van der Waals surface area contributed by atoms with Gasteiger partial charge in [-0.2, -0.15) is 0 Å². The summed E-state index contributed by atoms with van der Waals surface area (Å²) in [5, 5.41) is 3.60. The van der Waals surface area contributed by atoms with E-state index in [1.807, 2.05) is 0 Å². The van der Waals surface area contributed by atoms with E-state index in [0.717, 1.165) is 0 Å². The molecule has 1 aromatic heterocycles. The van der Waals surface area contributed by atoms with Gasteiger partial charge in [-0.3, -0.25) is 0 Å². The molecule has 0 unspecified atom stereocenters. The number of methoxy groups -OCH3 is 1. The molecule has 0 saturated carbocycles. The molecule has 0 atom stereocenters. The van der Waals surface area contributed by atoms with Crippen LogP contribution in [0.15, 0.2) is 11.4 Å². The summed E-state index contributed by atoms with van der Waals surface area (Å²) in [5.41, 5.74) is 0. The normalized spacial score (nSPS) is 8.85. The van der Waals surface area contributed by atoms with Crippen LogP contribution in [0.5, 0.6) is 5.75 Å². The minimum Gasteiger partial charge on any atom is -0.492 e. The Bertz CT molecular complexity index is 359. The second-order valence-electron chi connectivity index (χ2n) is 1.97. The number of rotatable bonds is 2. The Labute approximate surface area is 85.9 Å². The highest BCUT2D eigenvalue weighted by atomic mass is 35.5. The fourth-order valence-electron chi connectivity index (χ4n) is 0.618. The van der Waals surface area contributed by atoms with Gasteiger partial charge in [0.05, 0.1) is 13.3 Å². The summed E-state index contributed by atoms with van der Waals surface area (Å²) < 4.78 is 4.90. The first kappa shape index (κ1) is 10.2. The molecule has 0 radical (unpaired) electrons. The van der Waals surface area contributed by atoms with E-state index < -0.39 is 0 Å². The lowest BCUT2D eigenvalue weighted by Crippen LogP contribution is -1.90. The fraction of sp³-hybridized carbons (Fsp3) is 0.250. The van der Waals surface area contributed by atoms with Crippen LogP contribution < -0.4 is 4.74 Å². The van der Waals surface area contributed by atoms with E-state index in [0.29, 0.717) is 16.1 Å². The number of ether oxygens (including phenoxy) is 1. The molecule has 0 N–H and O–H groups in total. The lowest BCUT2D eigenvalue weighted by Gasteiger charge is -2.00. The van der Waals surface area contributed by atoms with Crippen molar-refractivity contribution in [3.63, 3.8) is 0 Å². The molecule has 3 nitrogen and oxygen atoms in total. The molecule has 0 bridgehead atoms. The summed E-state index contributed by atoms with van der Waals surface area (Å²) in [5.74, 6) is 3.19. The molecule has 5 heteroatoms. The van der Waals surface area contributed by atoms with Crippen LogP contribution in [0.2, 0.25) is 5.15 Å². The van der Waals surface area contributed by atoms with Gasteiger partial charge in [-0.25, -0.2) is 9.97 Å². The smallest absolute Gasteiger partial charge is 0.202 e. The molecule has 13 heavy (non-hydrogen) atoms. The highest BCUT2D eigenvalue weighted by Crippen LogP contribution is 2.22. The van der Waals surface area contributed by atoms with Crippen molar-refractivity contribution in [3.05, 3.63) is 11.3 Å². The van der Waals surface area contributed by atoms with Gasteiger partial charge in [-0.1, -0.05) is 17.5 Å². The zero-order valence-electron chi connectivity index (χ0n) is 7.17. The van der Waals surface area contributed by atoms with Crippen LogP contribution in [0.25, 0.3) is 0 Å². The predicted molar refractivity (Wildman–Crippen MR) is 52.9 cm³/mol. The van der Waals surface area contributed by atoms with Gasteiger partial charge in [-0.05, 0) is 12.2 Å². The minimum atomic E-state index is 0.304. The van der Waals surface area contributed by atoms with Crippen molar-refractivity contribution < 1.29 is 4.74 Å². The second-order valence-corrected chi connectivity index (χ2v) is 3.10. The maximum atomic E-state index is 5.77. The van der Waals surface area contributed by atoms with Crippen LogP contribution in [0.1, 0.15) is 6.92 Å². The lowest BCUT2D eigenvalue weighted by molar-refractivity contribution is 0.409. The van der Waals surface area contributed by atoms with Crippen molar-refractivity contribution in [1.29, 1.82) is 0 Å². The van der Waals surface area contributed by atoms with E-state index in [1.165, 1.54) is 25.1 Å². The Kier molecular flexibility index (Phi) is 3.87. The Morgan fingerprint density at radius 1 is 1.62 bits per heavy atom. The van der Waals surface area contributed by atoms with Gasteiger partial charge in [0, 0.05) is 11.8 Å². The molecule has 0 aliphatic rings. The van der Waals surface area contributed by atoms with Crippen molar-refractivity contribution in [1.82, 2.24) is 9.97 Å². The third-order valence-corrected chi connectivity index (χ3v) is 2.11. The number of aromatic nitrogens is 2. The van der Waals surface area contributed by atoms with Crippen LogP contribution in [0, 0.1) is 11.2 Å². The molecule has 0 aliphatic carbocycles. The number of hydrogen-bond donors (Lipinski definition) is 0. The first-order chi connectivity index (χ1) is 6.27. The van der Waals surface area contributed by atoms with Gasteiger partial charge in [0.2, 0.25) is 5.16 Å². The Morgan fingerprint density at radius 3 is 2.92 bits per heavy atom. The zero-order valence-corrected chi connectivity index (χ0v) is 8.74.